The first kappa shape index (κ1) is 26.0. The maximum atomic E-state index is 14.1. The van der Waals surface area contributed by atoms with Gasteiger partial charge in [-0.05, 0) is 44.6 Å². The number of Topliss-reactive ketones (excluding diaryl/α,β-unsaturated/α-hetero) is 1. The quantitative estimate of drug-likeness (QED) is 0.316. The number of nitrogens with two attached hydrogens (primary N) is 1. The van der Waals surface area contributed by atoms with Gasteiger partial charge in [0, 0.05) is 43.8 Å². The number of methoxy groups -OCH3 is 1. The Balaban J connectivity index is 2.06. The van der Waals surface area contributed by atoms with Gasteiger partial charge < -0.3 is 40.9 Å². The van der Waals surface area contributed by atoms with Crippen LogP contribution < -0.4 is 10.6 Å². The number of benzene rings is 1. The highest BCUT2D eigenvalue weighted by atomic mass is 16.5. The zero-order chi connectivity index (χ0) is 26.9. The van der Waals surface area contributed by atoms with Crippen LogP contribution in [0.15, 0.2) is 29.0 Å². The number of ether oxygens (including phenoxy) is 1. The molecule has 1 aromatic rings. The number of carbonyl (C=O) groups is 2. The molecule has 0 spiro atoms. The number of amides is 1. The third-order valence-electron chi connectivity index (χ3n) is 7.90. The molecule has 1 unspecified atom stereocenters. The number of primary amides is 1. The van der Waals surface area contributed by atoms with Crippen molar-refractivity contribution in [2.45, 2.75) is 30.6 Å². The number of likely N-dealkylation sites (N-methyl/N-ethyl adjacent to an activating group) is 1. The van der Waals surface area contributed by atoms with Crippen LogP contribution in [0.5, 0.6) is 5.75 Å². The summed E-state index contributed by atoms with van der Waals surface area (Å²) in [4.78, 5) is 29.7. The van der Waals surface area contributed by atoms with E-state index in [1.54, 1.807) is 20.2 Å². The van der Waals surface area contributed by atoms with E-state index in [2.05, 4.69) is 0 Å². The molecule has 0 heterocycles. The highest BCUT2D eigenvalue weighted by Gasteiger charge is 2.68. The number of ketones is 1. The van der Waals surface area contributed by atoms with Crippen molar-refractivity contribution in [1.82, 2.24) is 4.90 Å². The van der Waals surface area contributed by atoms with Gasteiger partial charge in [0.05, 0.1) is 23.8 Å². The SMILES string of the molecule is COC[C@@]12Cc3c(N(C)C)ccc(O)c3C(O)=C1C(=O)[C@]1(O)C(O)C(C(N)=O)=C(O)[C@@H](N(C)C)[C@@H]1C2. The van der Waals surface area contributed by atoms with Crippen molar-refractivity contribution in [3.05, 3.63) is 40.2 Å². The molecule has 0 aliphatic heterocycles. The zero-order valence-electron chi connectivity index (χ0n) is 20.9. The maximum absolute atomic E-state index is 14.1. The van der Waals surface area contributed by atoms with Gasteiger partial charge in [-0.2, -0.15) is 0 Å². The highest BCUT2D eigenvalue weighted by molar-refractivity contribution is 6.12. The second-order valence-corrected chi connectivity index (χ2v) is 10.4. The second-order valence-electron chi connectivity index (χ2n) is 10.4. The number of aliphatic hydroxyl groups excluding tert-OH is 3. The molecule has 5 atom stereocenters. The summed E-state index contributed by atoms with van der Waals surface area (Å²) in [5, 5.41) is 56.0. The Hall–Kier alpha value is -3.12. The number of fused-ring (bicyclic) bond motifs is 3. The van der Waals surface area contributed by atoms with Crippen LogP contribution in [0.4, 0.5) is 5.69 Å². The smallest absolute Gasteiger partial charge is 0.250 e. The first-order chi connectivity index (χ1) is 16.7. The van der Waals surface area contributed by atoms with E-state index in [1.807, 2.05) is 19.0 Å². The maximum Gasteiger partial charge on any atom is 0.250 e. The average molecular weight is 504 g/mol. The van der Waals surface area contributed by atoms with Crippen LogP contribution in [-0.4, -0.2) is 102 Å². The number of hydrogen-bond donors (Lipinski definition) is 6. The lowest BCUT2D eigenvalue weighted by molar-refractivity contribution is -0.177. The minimum atomic E-state index is -2.58. The highest BCUT2D eigenvalue weighted by Crippen LogP contribution is 2.59. The number of aliphatic hydroxyl groups is 4. The number of carbonyl (C=O) groups excluding carboxylic acids is 2. The first-order valence-corrected chi connectivity index (χ1v) is 11.5. The van der Waals surface area contributed by atoms with E-state index in [4.69, 9.17) is 10.5 Å². The van der Waals surface area contributed by atoms with Crippen molar-refractivity contribution >= 4 is 23.1 Å². The van der Waals surface area contributed by atoms with Crippen LogP contribution in [0.1, 0.15) is 17.5 Å². The van der Waals surface area contributed by atoms with Crippen molar-refractivity contribution in [2.75, 3.05) is 46.8 Å². The number of aromatic hydroxyl groups is 1. The molecule has 3 aliphatic carbocycles. The molecule has 1 fully saturated rings. The Kier molecular flexibility index (Phi) is 6.11. The van der Waals surface area contributed by atoms with E-state index < -0.39 is 57.9 Å². The van der Waals surface area contributed by atoms with Crippen LogP contribution in [0.25, 0.3) is 5.76 Å². The van der Waals surface area contributed by atoms with Gasteiger partial charge in [-0.1, -0.05) is 0 Å². The summed E-state index contributed by atoms with van der Waals surface area (Å²) in [5.41, 5.74) is 2.16. The fourth-order valence-electron chi connectivity index (χ4n) is 6.47. The average Bonchev–Trinajstić information content (AvgIpc) is 2.76. The molecule has 1 aromatic carbocycles. The molecule has 0 bridgehead atoms. The summed E-state index contributed by atoms with van der Waals surface area (Å²) >= 11 is 0. The Morgan fingerprint density at radius 1 is 1.19 bits per heavy atom. The predicted octanol–water partition coefficient (Wildman–Crippen LogP) is -0.162. The van der Waals surface area contributed by atoms with E-state index in [-0.39, 0.29) is 36.3 Å². The number of phenolic OH excluding ortho intramolecular Hbond substituents is 1. The third-order valence-corrected chi connectivity index (χ3v) is 7.90. The molecular formula is C25H33N3O8. The lowest BCUT2D eigenvalue weighted by Gasteiger charge is -2.56. The van der Waals surface area contributed by atoms with E-state index in [0.717, 1.165) is 0 Å². The summed E-state index contributed by atoms with van der Waals surface area (Å²) in [6, 6.07) is 2.07. The van der Waals surface area contributed by atoms with Crippen LogP contribution >= 0.6 is 0 Å². The largest absolute Gasteiger partial charge is 0.510 e. The second kappa shape index (κ2) is 8.48. The van der Waals surface area contributed by atoms with Crippen molar-refractivity contribution in [3.8, 4) is 5.75 Å². The Morgan fingerprint density at radius 3 is 2.36 bits per heavy atom. The van der Waals surface area contributed by atoms with Gasteiger partial charge in [-0.15, -0.1) is 0 Å². The fourth-order valence-corrected chi connectivity index (χ4v) is 6.47. The zero-order valence-corrected chi connectivity index (χ0v) is 20.9. The van der Waals surface area contributed by atoms with Crippen LogP contribution in [-0.2, 0) is 20.7 Å². The standard InChI is InChI=1S/C25H33N3O8/c1-27(2)13-6-7-14(29)15-11(13)8-24(10-36-5)9-12-18(28(3)4)20(31)16(23(26)34)21(32)25(12,35)22(33)17(24)19(15)30/h6-7,12,18,21,29-32,35H,8-10H2,1-5H3,(H2,26,34)/t12-,18-,21?,24-,25+/m0/s1. The molecule has 3 aliphatic rings. The first-order valence-electron chi connectivity index (χ1n) is 11.5. The van der Waals surface area contributed by atoms with E-state index in [9.17, 15) is 35.1 Å². The molecule has 7 N–H and O–H groups in total. The number of anilines is 1. The summed E-state index contributed by atoms with van der Waals surface area (Å²) in [6.07, 6.45) is -1.97. The topological polar surface area (TPSA) is 177 Å². The number of rotatable bonds is 5. The summed E-state index contributed by atoms with van der Waals surface area (Å²) in [5.74, 6) is -4.58. The fraction of sp³-hybridized carbons (Fsp3) is 0.520. The van der Waals surface area contributed by atoms with Crippen molar-refractivity contribution in [3.63, 3.8) is 0 Å². The summed E-state index contributed by atoms with van der Waals surface area (Å²) < 4.78 is 5.53. The summed E-state index contributed by atoms with van der Waals surface area (Å²) in [6.45, 7) is -0.0317. The van der Waals surface area contributed by atoms with Crippen LogP contribution in [0, 0.1) is 11.3 Å². The molecule has 4 rings (SSSR count). The molecular weight excluding hydrogens is 470 g/mol. The van der Waals surface area contributed by atoms with Gasteiger partial charge >= 0.3 is 0 Å². The number of hydrogen-bond acceptors (Lipinski definition) is 10. The third kappa shape index (κ3) is 3.27. The van der Waals surface area contributed by atoms with Crippen molar-refractivity contribution in [1.29, 1.82) is 0 Å². The van der Waals surface area contributed by atoms with E-state index >= 15 is 0 Å². The molecule has 1 saturated carbocycles. The monoisotopic (exact) mass is 503 g/mol. The molecule has 36 heavy (non-hydrogen) atoms. The molecule has 0 radical (unpaired) electrons. The van der Waals surface area contributed by atoms with E-state index in [0.29, 0.717) is 11.3 Å². The minimum Gasteiger partial charge on any atom is -0.510 e. The Bertz CT molecular complexity index is 1210. The number of nitrogens with zero attached hydrogens (tertiary/aromatic N) is 2. The van der Waals surface area contributed by atoms with Gasteiger partial charge in [0.1, 0.15) is 23.4 Å². The molecule has 196 valence electrons. The molecule has 0 saturated heterocycles. The Labute approximate surface area is 208 Å². The number of phenols is 1. The Morgan fingerprint density at radius 2 is 1.83 bits per heavy atom. The van der Waals surface area contributed by atoms with Crippen molar-refractivity contribution in [2.24, 2.45) is 17.1 Å². The van der Waals surface area contributed by atoms with Crippen LogP contribution in [0.3, 0.4) is 0 Å². The molecule has 0 aromatic heterocycles. The van der Waals surface area contributed by atoms with Gasteiger partial charge in [-0.25, -0.2) is 0 Å². The van der Waals surface area contributed by atoms with Gasteiger partial charge in [0.15, 0.2) is 11.4 Å². The lowest BCUT2D eigenvalue weighted by Crippen LogP contribution is -2.70. The van der Waals surface area contributed by atoms with Gasteiger partial charge in [0.25, 0.3) is 5.91 Å². The van der Waals surface area contributed by atoms with Gasteiger partial charge in [0.2, 0.25) is 0 Å². The van der Waals surface area contributed by atoms with Gasteiger partial charge in [-0.3, -0.25) is 14.5 Å². The molecule has 1 amide bonds. The van der Waals surface area contributed by atoms with Crippen LogP contribution in [0.2, 0.25) is 0 Å². The summed E-state index contributed by atoms with van der Waals surface area (Å²) in [7, 11) is 8.27. The normalized spacial score (nSPS) is 31.8. The lowest BCUT2D eigenvalue weighted by atomic mass is 9.51. The predicted molar refractivity (Wildman–Crippen MR) is 130 cm³/mol. The van der Waals surface area contributed by atoms with E-state index in [1.165, 1.54) is 18.1 Å². The molecule has 11 heteroatoms. The molecule has 11 nitrogen and oxygen atoms in total. The minimum absolute atomic E-state index is 0.000443. The van der Waals surface area contributed by atoms with Crippen molar-refractivity contribution < 1.29 is 39.9 Å².